The van der Waals surface area contributed by atoms with Gasteiger partial charge in [-0.25, -0.2) is 4.79 Å². The molecule has 0 atom stereocenters. The number of rotatable bonds is 10. The second kappa shape index (κ2) is 9.73. The normalized spacial score (nSPS) is 14.7. The molecule has 0 aromatic heterocycles. The molecule has 0 unspecified atom stereocenters. The van der Waals surface area contributed by atoms with Crippen molar-refractivity contribution >= 4 is 28.4 Å². The number of cyclic esters (lactones) is 1. The van der Waals surface area contributed by atoms with Crippen molar-refractivity contribution in [2.45, 2.75) is 78.6 Å². The standard InChI is InChI=1S/C24H38O5Si2/c1-10-17(14-25)20(31(7,8)9)13-18-22(27-3)16(2)19-15-29-24(26)21(19)23(18)28-11-12-30(4,5)6/h14H,10-13,15H2,1-9H3. The zero-order chi connectivity index (χ0) is 23.6. The Morgan fingerprint density at radius 1 is 1.13 bits per heavy atom. The number of carbonyl (C=O) groups excluding carboxylic acids is 2. The summed E-state index contributed by atoms with van der Waals surface area (Å²) in [5, 5.41) is 1.17. The molecule has 1 aliphatic rings. The van der Waals surface area contributed by atoms with Crippen molar-refractivity contribution in [2.24, 2.45) is 0 Å². The molecule has 0 saturated heterocycles. The molecule has 0 bridgehead atoms. The highest BCUT2D eigenvalue weighted by atomic mass is 28.3. The molecule has 0 N–H and O–H groups in total. The van der Waals surface area contributed by atoms with Crippen molar-refractivity contribution < 1.29 is 23.8 Å². The predicted molar refractivity (Wildman–Crippen MR) is 131 cm³/mol. The molecular weight excluding hydrogens is 424 g/mol. The largest absolute Gasteiger partial charge is 0.496 e. The second-order valence-corrected chi connectivity index (χ2v) is 21.2. The van der Waals surface area contributed by atoms with E-state index in [1.807, 2.05) is 13.8 Å². The first kappa shape index (κ1) is 25.4. The van der Waals surface area contributed by atoms with Gasteiger partial charge in [0, 0.05) is 19.2 Å². The summed E-state index contributed by atoms with van der Waals surface area (Å²) in [6.45, 7) is 18.4. The molecule has 2 rings (SSSR count). The lowest BCUT2D eigenvalue weighted by atomic mass is 9.94. The summed E-state index contributed by atoms with van der Waals surface area (Å²) in [6.07, 6.45) is 2.22. The van der Waals surface area contributed by atoms with Crippen LogP contribution in [0.2, 0.25) is 45.3 Å². The molecule has 31 heavy (non-hydrogen) atoms. The van der Waals surface area contributed by atoms with Gasteiger partial charge in [0.1, 0.15) is 30.0 Å². The van der Waals surface area contributed by atoms with Gasteiger partial charge in [-0.15, -0.1) is 0 Å². The SMILES string of the molecule is CCC(C=O)=C(Cc1c(OC)c(C)c2c(c1OCC[Si](C)(C)C)C(=O)OC2)[Si](C)(C)C. The molecule has 5 nitrogen and oxygen atoms in total. The Morgan fingerprint density at radius 3 is 2.26 bits per heavy atom. The average Bonchev–Trinajstić information content (AvgIpc) is 3.04. The maximum Gasteiger partial charge on any atom is 0.342 e. The fourth-order valence-electron chi connectivity index (χ4n) is 4.01. The van der Waals surface area contributed by atoms with E-state index < -0.39 is 16.1 Å². The van der Waals surface area contributed by atoms with Crippen LogP contribution in [0.3, 0.4) is 0 Å². The molecule has 0 fully saturated rings. The molecule has 0 aliphatic carbocycles. The molecular formula is C24H38O5Si2. The molecule has 1 aromatic carbocycles. The van der Waals surface area contributed by atoms with Gasteiger partial charge in [-0.2, -0.15) is 0 Å². The first-order valence-corrected chi connectivity index (χ1v) is 18.3. The zero-order valence-corrected chi connectivity index (χ0v) is 22.7. The molecule has 1 aromatic rings. The monoisotopic (exact) mass is 462 g/mol. The molecule has 0 saturated carbocycles. The summed E-state index contributed by atoms with van der Waals surface area (Å²) < 4.78 is 17.6. The van der Waals surface area contributed by atoms with Crippen molar-refractivity contribution in [1.29, 1.82) is 0 Å². The van der Waals surface area contributed by atoms with Crippen LogP contribution in [0.5, 0.6) is 11.5 Å². The fraction of sp³-hybridized carbons (Fsp3) is 0.583. The molecule has 0 spiro atoms. The first-order valence-electron chi connectivity index (χ1n) is 11.1. The third-order valence-electron chi connectivity index (χ3n) is 5.89. The van der Waals surface area contributed by atoms with E-state index in [0.29, 0.717) is 30.8 Å². The number of aldehydes is 1. The predicted octanol–water partition coefficient (Wildman–Crippen LogP) is 5.72. The van der Waals surface area contributed by atoms with Gasteiger partial charge in [-0.05, 0) is 36.9 Å². The minimum atomic E-state index is -1.83. The number of hydrogen-bond donors (Lipinski definition) is 0. The number of methoxy groups -OCH3 is 1. The average molecular weight is 463 g/mol. The number of hydrogen-bond acceptors (Lipinski definition) is 5. The molecule has 7 heteroatoms. The number of carbonyl (C=O) groups is 2. The number of allylic oxidation sites excluding steroid dienone is 2. The van der Waals surface area contributed by atoms with E-state index >= 15 is 0 Å². The van der Waals surface area contributed by atoms with Gasteiger partial charge in [0.15, 0.2) is 0 Å². The lowest BCUT2D eigenvalue weighted by Gasteiger charge is -2.27. The highest BCUT2D eigenvalue weighted by Crippen LogP contribution is 2.44. The van der Waals surface area contributed by atoms with Gasteiger partial charge < -0.3 is 14.2 Å². The van der Waals surface area contributed by atoms with Crippen LogP contribution >= 0.6 is 0 Å². The quantitative estimate of drug-likeness (QED) is 0.193. The van der Waals surface area contributed by atoms with E-state index in [9.17, 15) is 9.59 Å². The lowest BCUT2D eigenvalue weighted by Crippen LogP contribution is -2.28. The van der Waals surface area contributed by atoms with Crippen molar-refractivity contribution in [3.63, 3.8) is 0 Å². The van der Waals surface area contributed by atoms with Crippen LogP contribution in [0.25, 0.3) is 0 Å². The summed E-state index contributed by atoms with van der Waals surface area (Å²) in [4.78, 5) is 24.6. The van der Waals surface area contributed by atoms with Crippen LogP contribution in [0.1, 0.15) is 40.4 Å². The van der Waals surface area contributed by atoms with Gasteiger partial charge >= 0.3 is 5.97 Å². The number of esters is 1. The number of fused-ring (bicyclic) bond motifs is 1. The molecule has 1 heterocycles. The van der Waals surface area contributed by atoms with E-state index in [-0.39, 0.29) is 12.6 Å². The highest BCUT2D eigenvalue weighted by Gasteiger charge is 2.35. The number of ether oxygens (including phenoxy) is 3. The molecule has 172 valence electrons. The second-order valence-electron chi connectivity index (χ2n) is 10.5. The zero-order valence-electron chi connectivity index (χ0n) is 20.7. The number of benzene rings is 1. The van der Waals surface area contributed by atoms with Crippen LogP contribution in [-0.2, 0) is 22.6 Å². The molecule has 0 radical (unpaired) electrons. The minimum absolute atomic E-state index is 0.242. The van der Waals surface area contributed by atoms with Crippen LogP contribution < -0.4 is 9.47 Å². The highest BCUT2D eigenvalue weighted by molar-refractivity contribution is 6.83. The maximum atomic E-state index is 12.7. The smallest absolute Gasteiger partial charge is 0.342 e. The summed E-state index contributed by atoms with van der Waals surface area (Å²) >= 11 is 0. The van der Waals surface area contributed by atoms with Crippen molar-refractivity contribution in [1.82, 2.24) is 0 Å². The Labute approximate surface area is 189 Å². The Kier molecular flexibility index (Phi) is 7.97. The van der Waals surface area contributed by atoms with E-state index in [4.69, 9.17) is 14.2 Å². The van der Waals surface area contributed by atoms with Crippen molar-refractivity contribution in [3.05, 3.63) is 33.0 Å². The van der Waals surface area contributed by atoms with Gasteiger partial charge in [-0.3, -0.25) is 4.79 Å². The van der Waals surface area contributed by atoms with Crippen LogP contribution in [0.4, 0.5) is 0 Å². The Hall–Kier alpha value is -1.87. The summed E-state index contributed by atoms with van der Waals surface area (Å²) in [7, 11) is -1.49. The molecule has 1 aliphatic heterocycles. The summed E-state index contributed by atoms with van der Waals surface area (Å²) in [6, 6.07) is 0.984. The third kappa shape index (κ3) is 5.69. The first-order chi connectivity index (χ1) is 14.4. The van der Waals surface area contributed by atoms with Crippen LogP contribution in [-0.4, -0.2) is 42.1 Å². The third-order valence-corrected chi connectivity index (χ3v) is 9.91. The van der Waals surface area contributed by atoms with E-state index in [2.05, 4.69) is 39.3 Å². The summed E-state index contributed by atoms with van der Waals surface area (Å²) in [5.74, 6) is 0.974. The van der Waals surface area contributed by atoms with E-state index in [1.54, 1.807) is 7.11 Å². The van der Waals surface area contributed by atoms with E-state index in [0.717, 1.165) is 40.3 Å². The van der Waals surface area contributed by atoms with Gasteiger partial charge in [0.25, 0.3) is 0 Å². The Morgan fingerprint density at radius 2 is 1.77 bits per heavy atom. The van der Waals surface area contributed by atoms with Crippen LogP contribution in [0.15, 0.2) is 10.8 Å². The Balaban J connectivity index is 2.73. The van der Waals surface area contributed by atoms with Gasteiger partial charge in [0.2, 0.25) is 0 Å². The van der Waals surface area contributed by atoms with Gasteiger partial charge in [0.05, 0.1) is 21.8 Å². The van der Waals surface area contributed by atoms with Crippen LogP contribution in [0, 0.1) is 6.92 Å². The van der Waals surface area contributed by atoms with Crippen molar-refractivity contribution in [3.8, 4) is 11.5 Å². The Bertz CT molecular complexity index is 889. The summed E-state index contributed by atoms with van der Waals surface area (Å²) in [5.41, 5.74) is 3.99. The topological polar surface area (TPSA) is 61.8 Å². The maximum absolute atomic E-state index is 12.7. The van der Waals surface area contributed by atoms with Crippen molar-refractivity contribution in [2.75, 3.05) is 13.7 Å². The lowest BCUT2D eigenvalue weighted by molar-refractivity contribution is -0.105. The van der Waals surface area contributed by atoms with Gasteiger partial charge in [-0.1, -0.05) is 51.4 Å². The minimum Gasteiger partial charge on any atom is -0.496 e. The molecule has 0 amide bonds. The van der Waals surface area contributed by atoms with E-state index in [1.165, 1.54) is 5.20 Å². The fourth-order valence-corrected chi connectivity index (χ4v) is 6.63.